The smallest absolute Gasteiger partial charge is 0.324 e. The summed E-state index contributed by atoms with van der Waals surface area (Å²) in [6.07, 6.45) is 0.180. The monoisotopic (exact) mass is 413 g/mol. The minimum atomic E-state index is -4.09. The molecule has 0 aliphatic carbocycles. The first-order valence-corrected chi connectivity index (χ1v) is 10.1. The van der Waals surface area contributed by atoms with E-state index in [-0.39, 0.29) is 33.8 Å². The molecule has 0 aromatic heterocycles. The van der Waals surface area contributed by atoms with Crippen LogP contribution in [0.3, 0.4) is 0 Å². The normalized spacial score (nSPS) is 23.9. The van der Waals surface area contributed by atoms with Crippen molar-refractivity contribution in [3.8, 4) is 0 Å². The number of carboxylic acid groups (broad SMARTS) is 1. The van der Waals surface area contributed by atoms with Crippen LogP contribution in [0, 0.1) is 0 Å². The largest absolute Gasteiger partial charge is 0.480 e. The first-order chi connectivity index (χ1) is 12.1. The fourth-order valence-corrected chi connectivity index (χ4v) is 5.88. The average molecular weight is 414 g/mol. The molecule has 2 unspecified atom stereocenters. The van der Waals surface area contributed by atoms with Crippen LogP contribution < -0.4 is 0 Å². The molecular formula is C18H17Cl2NO4S. The Morgan fingerprint density at radius 1 is 1.15 bits per heavy atom. The van der Waals surface area contributed by atoms with Crippen molar-refractivity contribution in [3.63, 3.8) is 0 Å². The van der Waals surface area contributed by atoms with Crippen LogP contribution in [0.15, 0.2) is 53.4 Å². The molecule has 2 aromatic carbocycles. The zero-order valence-electron chi connectivity index (χ0n) is 13.9. The molecule has 5 nitrogen and oxygen atoms in total. The van der Waals surface area contributed by atoms with Gasteiger partial charge in [-0.3, -0.25) is 4.79 Å². The van der Waals surface area contributed by atoms with Gasteiger partial charge in [-0.2, -0.15) is 4.31 Å². The molecule has 0 bridgehead atoms. The molecule has 3 rings (SSSR count). The van der Waals surface area contributed by atoms with Crippen LogP contribution >= 0.6 is 23.2 Å². The second-order valence-corrected chi connectivity index (χ2v) is 9.27. The summed E-state index contributed by atoms with van der Waals surface area (Å²) in [5.41, 5.74) is -0.657. The summed E-state index contributed by atoms with van der Waals surface area (Å²) in [7, 11) is -4.09. The number of aliphatic carboxylic acids is 1. The number of rotatable bonds is 4. The van der Waals surface area contributed by atoms with Crippen LogP contribution in [-0.4, -0.2) is 35.9 Å². The quantitative estimate of drug-likeness (QED) is 0.820. The lowest BCUT2D eigenvalue weighted by molar-refractivity contribution is -0.146. The Labute approximate surface area is 162 Å². The summed E-state index contributed by atoms with van der Waals surface area (Å²) in [6.45, 7) is 1.50. The Morgan fingerprint density at radius 3 is 2.27 bits per heavy atom. The molecular weight excluding hydrogens is 397 g/mol. The van der Waals surface area contributed by atoms with Gasteiger partial charge in [-0.15, -0.1) is 0 Å². The fraction of sp³-hybridized carbons (Fsp3) is 0.278. The van der Waals surface area contributed by atoms with Crippen LogP contribution in [0.4, 0.5) is 0 Å². The molecule has 1 aliphatic rings. The number of benzene rings is 2. The number of hydrogen-bond acceptors (Lipinski definition) is 3. The highest BCUT2D eigenvalue weighted by molar-refractivity contribution is 7.89. The predicted molar refractivity (Wildman–Crippen MR) is 100 cm³/mol. The van der Waals surface area contributed by atoms with E-state index >= 15 is 0 Å². The number of sulfonamides is 1. The van der Waals surface area contributed by atoms with E-state index in [1.54, 1.807) is 0 Å². The minimum absolute atomic E-state index is 0.0687. The molecule has 2 aromatic rings. The van der Waals surface area contributed by atoms with Gasteiger partial charge < -0.3 is 5.11 Å². The van der Waals surface area contributed by atoms with E-state index in [4.69, 9.17) is 23.2 Å². The lowest BCUT2D eigenvalue weighted by Gasteiger charge is -2.30. The molecule has 138 valence electrons. The van der Waals surface area contributed by atoms with E-state index in [0.29, 0.717) is 0 Å². The van der Waals surface area contributed by atoms with E-state index < -0.39 is 21.5 Å². The molecule has 26 heavy (non-hydrogen) atoms. The van der Waals surface area contributed by atoms with E-state index in [0.717, 1.165) is 9.87 Å². The van der Waals surface area contributed by atoms with Gasteiger partial charge >= 0.3 is 5.97 Å². The number of nitrogens with zero attached hydrogens (tertiary/aromatic N) is 1. The Hall–Kier alpha value is -1.60. The van der Waals surface area contributed by atoms with E-state index in [1.165, 1.54) is 25.1 Å². The zero-order valence-corrected chi connectivity index (χ0v) is 16.2. The molecule has 8 heteroatoms. The lowest BCUT2D eigenvalue weighted by atomic mass is 9.90. The van der Waals surface area contributed by atoms with Gasteiger partial charge in [0.2, 0.25) is 10.0 Å². The maximum atomic E-state index is 13.2. The van der Waals surface area contributed by atoms with Crippen molar-refractivity contribution in [2.75, 3.05) is 6.54 Å². The van der Waals surface area contributed by atoms with Gasteiger partial charge in [-0.1, -0.05) is 53.5 Å². The molecule has 1 heterocycles. The fourth-order valence-electron chi connectivity index (χ4n) is 3.36. The van der Waals surface area contributed by atoms with Gasteiger partial charge in [0, 0.05) is 22.5 Å². The van der Waals surface area contributed by atoms with Crippen LogP contribution in [0.2, 0.25) is 10.0 Å². The van der Waals surface area contributed by atoms with Crippen molar-refractivity contribution < 1.29 is 18.3 Å². The van der Waals surface area contributed by atoms with Crippen molar-refractivity contribution in [2.45, 2.75) is 29.7 Å². The number of carboxylic acids is 1. The van der Waals surface area contributed by atoms with Crippen molar-refractivity contribution >= 4 is 39.2 Å². The molecule has 1 fully saturated rings. The Balaban J connectivity index is 2.07. The third kappa shape index (κ3) is 3.34. The van der Waals surface area contributed by atoms with Crippen molar-refractivity contribution in [1.29, 1.82) is 0 Å². The summed E-state index contributed by atoms with van der Waals surface area (Å²) in [5.74, 6) is -1.41. The predicted octanol–water partition coefficient (Wildman–Crippen LogP) is 4.01. The molecule has 0 amide bonds. The SMILES string of the molecule is CC1(C(=O)O)CC(c2ccccc2)CN1S(=O)(=O)c1cc(Cl)cc(Cl)c1. The van der Waals surface area contributed by atoms with E-state index in [9.17, 15) is 18.3 Å². The van der Waals surface area contributed by atoms with Gasteiger partial charge in [0.15, 0.2) is 0 Å². The number of carbonyl (C=O) groups is 1. The van der Waals surface area contributed by atoms with Gasteiger partial charge in [0.25, 0.3) is 0 Å². The molecule has 0 saturated carbocycles. The summed E-state index contributed by atoms with van der Waals surface area (Å²) >= 11 is 11.9. The van der Waals surface area contributed by atoms with Crippen molar-refractivity contribution in [3.05, 3.63) is 64.1 Å². The van der Waals surface area contributed by atoms with E-state index in [2.05, 4.69) is 0 Å². The van der Waals surface area contributed by atoms with Gasteiger partial charge in [0.1, 0.15) is 5.54 Å². The third-order valence-corrected chi connectivity index (χ3v) is 7.14. The maximum absolute atomic E-state index is 13.2. The van der Waals surface area contributed by atoms with Crippen LogP contribution in [-0.2, 0) is 14.8 Å². The first kappa shape index (κ1) is 19.2. The summed E-state index contributed by atoms with van der Waals surface area (Å²) in [5, 5.41) is 10.1. The van der Waals surface area contributed by atoms with Crippen LogP contribution in [0.1, 0.15) is 24.8 Å². The van der Waals surface area contributed by atoms with Crippen LogP contribution in [0.25, 0.3) is 0 Å². The Kier molecular flexibility index (Phi) is 5.05. The van der Waals surface area contributed by atoms with Crippen molar-refractivity contribution in [1.82, 2.24) is 4.31 Å². The third-order valence-electron chi connectivity index (χ3n) is 4.74. The van der Waals surface area contributed by atoms with Crippen LogP contribution in [0.5, 0.6) is 0 Å². The maximum Gasteiger partial charge on any atom is 0.324 e. The zero-order chi connectivity index (χ0) is 19.1. The number of halogens is 2. The second-order valence-electron chi connectivity index (χ2n) is 6.53. The topological polar surface area (TPSA) is 74.7 Å². The van der Waals surface area contributed by atoms with Crippen molar-refractivity contribution in [2.24, 2.45) is 0 Å². The molecule has 0 radical (unpaired) electrons. The molecule has 1 N–H and O–H groups in total. The van der Waals surface area contributed by atoms with Gasteiger partial charge in [-0.05, 0) is 37.1 Å². The molecule has 0 spiro atoms. The summed E-state index contributed by atoms with van der Waals surface area (Å²) in [6, 6.07) is 13.3. The highest BCUT2D eigenvalue weighted by Crippen LogP contribution is 2.42. The minimum Gasteiger partial charge on any atom is -0.480 e. The van der Waals surface area contributed by atoms with Gasteiger partial charge in [0.05, 0.1) is 4.90 Å². The molecule has 1 saturated heterocycles. The summed E-state index contributed by atoms with van der Waals surface area (Å²) < 4.78 is 27.4. The standard InChI is InChI=1S/C18H17Cl2NO4S/c1-18(17(22)23)10-13(12-5-3-2-4-6-12)11-21(18)26(24,25)16-8-14(19)7-15(20)9-16/h2-9,13H,10-11H2,1H3,(H,22,23). The van der Waals surface area contributed by atoms with E-state index in [1.807, 2.05) is 30.3 Å². The second kappa shape index (κ2) is 6.85. The Bertz CT molecular complexity index is 929. The molecule has 1 aliphatic heterocycles. The average Bonchev–Trinajstić information content (AvgIpc) is 2.95. The highest BCUT2D eigenvalue weighted by Gasteiger charge is 2.53. The highest BCUT2D eigenvalue weighted by atomic mass is 35.5. The lowest BCUT2D eigenvalue weighted by Crippen LogP contribution is -2.50. The Morgan fingerprint density at radius 2 is 1.73 bits per heavy atom. The van der Waals surface area contributed by atoms with Gasteiger partial charge in [-0.25, -0.2) is 8.42 Å². The first-order valence-electron chi connectivity index (χ1n) is 7.92. The number of hydrogen-bond donors (Lipinski definition) is 1. The molecule has 2 atom stereocenters. The summed E-state index contributed by atoms with van der Waals surface area (Å²) in [4.78, 5) is 11.8.